The molecule has 2 rings (SSSR count). The van der Waals surface area contributed by atoms with Gasteiger partial charge in [-0.15, -0.1) is 0 Å². The minimum Gasteiger partial charge on any atom is -0.490 e. The van der Waals surface area contributed by atoms with E-state index in [2.05, 4.69) is 19.2 Å². The zero-order chi connectivity index (χ0) is 9.80. The van der Waals surface area contributed by atoms with E-state index in [1.165, 1.54) is 37.7 Å². The Morgan fingerprint density at radius 3 is 2.21 bits per heavy atom. The predicted octanol–water partition coefficient (Wildman–Crippen LogP) is 3.90. The van der Waals surface area contributed by atoms with Crippen LogP contribution < -0.4 is 4.74 Å². The van der Waals surface area contributed by atoms with E-state index in [9.17, 15) is 0 Å². The third-order valence-corrected chi connectivity index (χ3v) is 3.12. The first-order chi connectivity index (χ1) is 6.90. The lowest BCUT2D eigenvalue weighted by atomic mass is 9.84. The van der Waals surface area contributed by atoms with E-state index in [0.29, 0.717) is 0 Å². The number of hydrogen-bond donors (Lipinski definition) is 0. The summed E-state index contributed by atoms with van der Waals surface area (Å²) in [6, 6.07) is 8.38. The highest BCUT2D eigenvalue weighted by Gasteiger charge is 2.14. The summed E-state index contributed by atoms with van der Waals surface area (Å²) in [4.78, 5) is 0. The van der Waals surface area contributed by atoms with Crippen molar-refractivity contribution in [2.24, 2.45) is 0 Å². The lowest BCUT2D eigenvalue weighted by Crippen LogP contribution is -2.03. The van der Waals surface area contributed by atoms with Gasteiger partial charge in [-0.25, -0.2) is 0 Å². The summed E-state index contributed by atoms with van der Waals surface area (Å²) >= 11 is 0. The van der Waals surface area contributed by atoms with E-state index >= 15 is 0 Å². The Labute approximate surface area is 86.1 Å². The van der Waals surface area contributed by atoms with Gasteiger partial charge >= 0.3 is 0 Å². The molecule has 0 N–H and O–H groups in total. The molecular formula is C13H17O. The monoisotopic (exact) mass is 189 g/mol. The van der Waals surface area contributed by atoms with Gasteiger partial charge in [0.1, 0.15) is 12.9 Å². The molecule has 0 atom stereocenters. The standard InChI is InChI=1S/C13H17O/c1-14-13-9-7-12(8-10-13)11-5-3-2-4-6-11/h7-11H,1-6H2. The second kappa shape index (κ2) is 4.50. The van der Waals surface area contributed by atoms with Crippen molar-refractivity contribution < 1.29 is 4.74 Å². The minimum atomic E-state index is 0.780. The van der Waals surface area contributed by atoms with Crippen LogP contribution in [0.3, 0.4) is 0 Å². The Morgan fingerprint density at radius 1 is 1.00 bits per heavy atom. The van der Waals surface area contributed by atoms with E-state index in [1.54, 1.807) is 0 Å². The second-order valence-corrected chi connectivity index (χ2v) is 4.05. The van der Waals surface area contributed by atoms with E-state index < -0.39 is 0 Å². The van der Waals surface area contributed by atoms with Gasteiger partial charge in [-0.2, -0.15) is 0 Å². The van der Waals surface area contributed by atoms with E-state index in [-0.39, 0.29) is 0 Å². The predicted molar refractivity (Wildman–Crippen MR) is 58.3 cm³/mol. The normalized spacial score (nSPS) is 18.1. The van der Waals surface area contributed by atoms with Crippen molar-refractivity contribution in [3.05, 3.63) is 36.9 Å². The first-order valence-electron chi connectivity index (χ1n) is 5.42. The Hall–Kier alpha value is -0.980. The van der Waals surface area contributed by atoms with Crippen LogP contribution in [0.25, 0.3) is 0 Å². The van der Waals surface area contributed by atoms with Crippen LogP contribution >= 0.6 is 0 Å². The maximum atomic E-state index is 4.91. The first kappa shape index (κ1) is 9.57. The van der Waals surface area contributed by atoms with Gasteiger partial charge in [0.05, 0.1) is 0 Å². The molecule has 1 aromatic rings. The molecule has 0 heterocycles. The molecule has 1 fully saturated rings. The number of ether oxygens (including phenoxy) is 1. The largest absolute Gasteiger partial charge is 0.490 e. The van der Waals surface area contributed by atoms with Crippen LogP contribution in [0.4, 0.5) is 0 Å². The molecule has 0 spiro atoms. The van der Waals surface area contributed by atoms with Gasteiger partial charge in [-0.05, 0) is 36.5 Å². The van der Waals surface area contributed by atoms with Crippen LogP contribution in [-0.4, -0.2) is 0 Å². The van der Waals surface area contributed by atoms with Crippen molar-refractivity contribution in [1.29, 1.82) is 0 Å². The van der Waals surface area contributed by atoms with Gasteiger partial charge in [0, 0.05) is 0 Å². The van der Waals surface area contributed by atoms with Crippen LogP contribution in [-0.2, 0) is 0 Å². The van der Waals surface area contributed by atoms with Crippen molar-refractivity contribution in [2.45, 2.75) is 38.0 Å². The maximum Gasteiger partial charge on any atom is 0.122 e. The summed E-state index contributed by atoms with van der Waals surface area (Å²) in [6.07, 6.45) is 6.89. The third kappa shape index (κ3) is 2.09. The molecule has 1 aromatic carbocycles. The fourth-order valence-corrected chi connectivity index (χ4v) is 2.27. The smallest absolute Gasteiger partial charge is 0.122 e. The van der Waals surface area contributed by atoms with Crippen LogP contribution in [0.15, 0.2) is 24.3 Å². The van der Waals surface area contributed by atoms with E-state index in [0.717, 1.165) is 11.7 Å². The molecule has 0 bridgehead atoms. The summed E-state index contributed by atoms with van der Waals surface area (Å²) in [5, 5.41) is 0. The molecule has 1 radical (unpaired) electrons. The average Bonchev–Trinajstić information content (AvgIpc) is 2.30. The Balaban J connectivity index is 2.07. The molecule has 1 saturated carbocycles. The highest BCUT2D eigenvalue weighted by molar-refractivity contribution is 5.29. The third-order valence-electron chi connectivity index (χ3n) is 3.12. The molecular weight excluding hydrogens is 172 g/mol. The summed E-state index contributed by atoms with van der Waals surface area (Å²) in [5.41, 5.74) is 1.46. The lowest BCUT2D eigenvalue weighted by Gasteiger charge is -2.21. The highest BCUT2D eigenvalue weighted by Crippen LogP contribution is 2.33. The van der Waals surface area contributed by atoms with Gasteiger partial charge in [0.25, 0.3) is 0 Å². The number of rotatable bonds is 2. The van der Waals surface area contributed by atoms with Crippen LogP contribution in [0.1, 0.15) is 43.6 Å². The molecule has 1 nitrogen and oxygen atoms in total. The number of benzene rings is 1. The fraction of sp³-hybridized carbons (Fsp3) is 0.462. The zero-order valence-electron chi connectivity index (χ0n) is 8.54. The van der Waals surface area contributed by atoms with Crippen molar-refractivity contribution in [3.8, 4) is 5.75 Å². The highest BCUT2D eigenvalue weighted by atomic mass is 16.5. The van der Waals surface area contributed by atoms with Gasteiger partial charge < -0.3 is 4.74 Å². The van der Waals surface area contributed by atoms with Crippen LogP contribution in [0.5, 0.6) is 5.75 Å². The van der Waals surface area contributed by atoms with Gasteiger partial charge in [0.2, 0.25) is 0 Å². The molecule has 1 heteroatoms. The molecule has 0 unspecified atom stereocenters. The fourth-order valence-electron chi connectivity index (χ4n) is 2.27. The van der Waals surface area contributed by atoms with Crippen molar-refractivity contribution in [2.75, 3.05) is 0 Å². The average molecular weight is 189 g/mol. The molecule has 14 heavy (non-hydrogen) atoms. The van der Waals surface area contributed by atoms with Crippen molar-refractivity contribution in [3.63, 3.8) is 0 Å². The summed E-state index contributed by atoms with van der Waals surface area (Å²) in [7, 11) is 3.40. The van der Waals surface area contributed by atoms with Crippen LogP contribution in [0.2, 0.25) is 0 Å². The summed E-state index contributed by atoms with van der Waals surface area (Å²) in [6.45, 7) is 0. The Kier molecular flexibility index (Phi) is 3.07. The number of hydrogen-bond acceptors (Lipinski definition) is 1. The topological polar surface area (TPSA) is 9.23 Å². The Morgan fingerprint density at radius 2 is 1.64 bits per heavy atom. The molecule has 0 aliphatic heterocycles. The second-order valence-electron chi connectivity index (χ2n) is 4.05. The van der Waals surface area contributed by atoms with E-state index in [4.69, 9.17) is 4.74 Å². The van der Waals surface area contributed by atoms with Gasteiger partial charge in [0.15, 0.2) is 0 Å². The van der Waals surface area contributed by atoms with Gasteiger partial charge in [-0.1, -0.05) is 31.4 Å². The van der Waals surface area contributed by atoms with E-state index in [1.807, 2.05) is 12.1 Å². The quantitative estimate of drug-likeness (QED) is 0.685. The first-order valence-corrected chi connectivity index (χ1v) is 5.42. The SMILES string of the molecule is [CH2]Oc1ccc(C2CCCCC2)cc1. The molecule has 0 aromatic heterocycles. The summed E-state index contributed by atoms with van der Waals surface area (Å²) in [5.74, 6) is 1.63. The Bertz CT molecular complexity index is 270. The van der Waals surface area contributed by atoms with Crippen LogP contribution in [0, 0.1) is 7.11 Å². The van der Waals surface area contributed by atoms with Crippen molar-refractivity contribution in [1.82, 2.24) is 0 Å². The molecule has 0 saturated heterocycles. The molecule has 75 valence electrons. The summed E-state index contributed by atoms with van der Waals surface area (Å²) < 4.78 is 4.91. The minimum absolute atomic E-state index is 0.780. The van der Waals surface area contributed by atoms with Crippen molar-refractivity contribution >= 4 is 0 Å². The molecule has 1 aliphatic rings. The molecule has 1 aliphatic carbocycles. The zero-order valence-corrected chi connectivity index (χ0v) is 8.54. The van der Waals surface area contributed by atoms with Gasteiger partial charge in [-0.3, -0.25) is 0 Å². The maximum absolute atomic E-state index is 4.91. The molecule has 0 amide bonds. The lowest BCUT2D eigenvalue weighted by molar-refractivity contribution is 0.442.